The van der Waals surface area contributed by atoms with Gasteiger partial charge in [0.2, 0.25) is 0 Å². The highest BCUT2D eigenvalue weighted by molar-refractivity contribution is 7.91. The molecule has 0 aromatic heterocycles. The second kappa shape index (κ2) is 11.7. The number of allylic oxidation sites excluding steroid dienone is 2. The molecule has 3 aromatic carbocycles. The van der Waals surface area contributed by atoms with Crippen molar-refractivity contribution in [2.45, 2.75) is 24.0 Å². The van der Waals surface area contributed by atoms with Crippen LogP contribution >= 0.6 is 0 Å². The van der Waals surface area contributed by atoms with Crippen molar-refractivity contribution in [3.05, 3.63) is 108 Å². The Balaban J connectivity index is 1.88. The first-order valence-corrected chi connectivity index (χ1v) is 13.2. The molecular weight excluding hydrogens is 440 g/mol. The van der Waals surface area contributed by atoms with Gasteiger partial charge in [0.1, 0.15) is 5.25 Å². The predicted molar refractivity (Wildman–Crippen MR) is 145 cm³/mol. The fraction of sp³-hybridized carbons (Fsp3) is 0.241. The lowest BCUT2D eigenvalue weighted by Crippen LogP contribution is -2.16. The molecule has 0 bridgehead atoms. The molecule has 3 rings (SSSR count). The van der Waals surface area contributed by atoms with Crippen molar-refractivity contribution in [1.82, 2.24) is 0 Å². The van der Waals surface area contributed by atoms with E-state index >= 15 is 0 Å². The molecular formula is C29H34N2O2S. The lowest BCUT2D eigenvalue weighted by atomic mass is 10.1. The van der Waals surface area contributed by atoms with E-state index in [0.29, 0.717) is 4.90 Å². The van der Waals surface area contributed by atoms with E-state index in [2.05, 4.69) is 55.0 Å². The van der Waals surface area contributed by atoms with Crippen LogP contribution in [0, 0.1) is 0 Å². The lowest BCUT2D eigenvalue weighted by Gasteiger charge is -2.19. The van der Waals surface area contributed by atoms with Crippen LogP contribution in [0.15, 0.2) is 102 Å². The number of benzene rings is 3. The molecule has 1 atom stereocenters. The van der Waals surface area contributed by atoms with Crippen LogP contribution in [0.2, 0.25) is 0 Å². The molecule has 0 spiro atoms. The molecule has 0 amide bonds. The van der Waals surface area contributed by atoms with Crippen LogP contribution in [0.3, 0.4) is 0 Å². The monoisotopic (exact) mass is 474 g/mol. The second-order valence-corrected chi connectivity index (χ2v) is 10.3. The molecule has 0 aliphatic carbocycles. The molecule has 1 unspecified atom stereocenters. The van der Waals surface area contributed by atoms with Gasteiger partial charge in [0, 0.05) is 38.6 Å². The molecule has 3 aromatic rings. The molecule has 178 valence electrons. The zero-order chi connectivity index (χ0) is 24.6. The first-order valence-electron chi connectivity index (χ1n) is 11.6. The third kappa shape index (κ3) is 6.17. The summed E-state index contributed by atoms with van der Waals surface area (Å²) in [7, 11) is 0.486. The number of nitrogens with zero attached hydrogens (tertiary/aromatic N) is 2. The number of hydrogen-bond acceptors (Lipinski definition) is 4. The fourth-order valence-electron chi connectivity index (χ4n) is 3.61. The first-order chi connectivity index (χ1) is 16.4. The zero-order valence-corrected chi connectivity index (χ0v) is 21.2. The Labute approximate surface area is 204 Å². The van der Waals surface area contributed by atoms with Gasteiger partial charge < -0.3 is 9.80 Å². The van der Waals surface area contributed by atoms with Gasteiger partial charge in [0.05, 0.1) is 4.90 Å². The summed E-state index contributed by atoms with van der Waals surface area (Å²) in [5.41, 5.74) is 4.03. The molecule has 0 N–H and O–H groups in total. The minimum atomic E-state index is -3.60. The van der Waals surface area contributed by atoms with Crippen LogP contribution in [-0.4, -0.2) is 35.6 Å². The number of hydrogen-bond donors (Lipinski definition) is 0. The van der Waals surface area contributed by atoms with E-state index in [4.69, 9.17) is 0 Å². The van der Waals surface area contributed by atoms with Gasteiger partial charge in [0.25, 0.3) is 0 Å². The number of anilines is 2. The average molecular weight is 475 g/mol. The molecule has 0 aliphatic heterocycles. The zero-order valence-electron chi connectivity index (χ0n) is 20.4. The van der Waals surface area contributed by atoms with Crippen molar-refractivity contribution < 1.29 is 8.42 Å². The Hall–Kier alpha value is -3.31. The van der Waals surface area contributed by atoms with Gasteiger partial charge in [-0.05, 0) is 61.4 Å². The minimum Gasteiger partial charge on any atom is -0.375 e. The van der Waals surface area contributed by atoms with E-state index in [-0.39, 0.29) is 0 Å². The van der Waals surface area contributed by atoms with Crippen LogP contribution in [0.5, 0.6) is 0 Å². The Kier molecular flexibility index (Phi) is 8.72. The normalized spacial score (nSPS) is 12.8. The third-order valence-corrected chi connectivity index (χ3v) is 8.06. The van der Waals surface area contributed by atoms with Crippen LogP contribution in [0.4, 0.5) is 11.4 Å². The Morgan fingerprint density at radius 1 is 0.735 bits per heavy atom. The summed E-state index contributed by atoms with van der Waals surface area (Å²) in [5, 5.41) is -0.777. The van der Waals surface area contributed by atoms with Gasteiger partial charge in [-0.15, -0.1) is 0 Å². The van der Waals surface area contributed by atoms with Crippen molar-refractivity contribution in [2.24, 2.45) is 0 Å². The van der Waals surface area contributed by atoms with Crippen molar-refractivity contribution in [1.29, 1.82) is 0 Å². The Bertz CT molecular complexity index is 1200. The van der Waals surface area contributed by atoms with Crippen LogP contribution < -0.4 is 9.80 Å². The van der Waals surface area contributed by atoms with E-state index in [0.717, 1.165) is 29.9 Å². The topological polar surface area (TPSA) is 40.6 Å². The van der Waals surface area contributed by atoms with Crippen molar-refractivity contribution >= 4 is 27.3 Å². The van der Waals surface area contributed by atoms with E-state index < -0.39 is 15.1 Å². The molecule has 0 heterocycles. The van der Waals surface area contributed by atoms with Gasteiger partial charge in [0.15, 0.2) is 9.84 Å². The van der Waals surface area contributed by atoms with Crippen molar-refractivity contribution in [3.8, 4) is 0 Å². The van der Waals surface area contributed by atoms with Crippen molar-refractivity contribution in [3.63, 3.8) is 0 Å². The maximum absolute atomic E-state index is 13.5. The van der Waals surface area contributed by atoms with E-state index in [1.165, 1.54) is 5.69 Å². The maximum atomic E-state index is 13.5. The summed E-state index contributed by atoms with van der Waals surface area (Å²) in [5.74, 6) is 0. The second-order valence-electron chi connectivity index (χ2n) is 8.23. The quantitative estimate of drug-likeness (QED) is 0.320. The van der Waals surface area contributed by atoms with E-state index in [1.807, 2.05) is 55.6 Å². The van der Waals surface area contributed by atoms with Gasteiger partial charge in [-0.3, -0.25) is 0 Å². The molecule has 0 saturated heterocycles. The number of sulfone groups is 1. The highest BCUT2D eigenvalue weighted by Gasteiger charge is 2.26. The van der Waals surface area contributed by atoms with Crippen LogP contribution in [0.1, 0.15) is 30.2 Å². The fourth-order valence-corrected chi connectivity index (χ4v) is 5.25. The van der Waals surface area contributed by atoms with Crippen LogP contribution in [-0.2, 0) is 9.84 Å². The molecule has 0 radical (unpaired) electrons. The minimum absolute atomic E-state index is 0.319. The Morgan fingerprint density at radius 2 is 1.26 bits per heavy atom. The average Bonchev–Trinajstić information content (AvgIpc) is 2.88. The largest absolute Gasteiger partial charge is 0.375 e. The lowest BCUT2D eigenvalue weighted by molar-refractivity contribution is 0.590. The highest BCUT2D eigenvalue weighted by Crippen LogP contribution is 2.31. The summed E-state index contributed by atoms with van der Waals surface area (Å²) < 4.78 is 27.0. The predicted octanol–water partition coefficient (Wildman–Crippen LogP) is 6.38. The van der Waals surface area contributed by atoms with Gasteiger partial charge in [-0.1, -0.05) is 66.8 Å². The van der Waals surface area contributed by atoms with E-state index in [9.17, 15) is 8.42 Å². The van der Waals surface area contributed by atoms with E-state index in [1.54, 1.807) is 30.3 Å². The van der Waals surface area contributed by atoms with Gasteiger partial charge >= 0.3 is 0 Å². The third-order valence-electron chi connectivity index (χ3n) is 6.04. The molecule has 4 nitrogen and oxygen atoms in total. The summed E-state index contributed by atoms with van der Waals surface area (Å²) in [6.07, 6.45) is 7.46. The Morgan fingerprint density at radius 3 is 1.79 bits per heavy atom. The molecule has 34 heavy (non-hydrogen) atoms. The van der Waals surface area contributed by atoms with Crippen molar-refractivity contribution in [2.75, 3.05) is 37.0 Å². The van der Waals surface area contributed by atoms with Crippen LogP contribution in [0.25, 0.3) is 6.08 Å². The van der Waals surface area contributed by atoms with Gasteiger partial charge in [-0.25, -0.2) is 8.42 Å². The summed E-state index contributed by atoms with van der Waals surface area (Å²) >= 11 is 0. The molecule has 5 heteroatoms. The summed E-state index contributed by atoms with van der Waals surface area (Å²) in [6.45, 7) is 6.03. The maximum Gasteiger partial charge on any atom is 0.188 e. The number of rotatable bonds is 10. The highest BCUT2D eigenvalue weighted by atomic mass is 32.2. The molecule has 0 saturated carbocycles. The standard InChI is InChI=1S/C29H34N2O2S/c1-5-30(3)26-20-16-24(17-21-26)12-10-11-15-29(34(32,33)28-13-8-7-9-14-28)25-18-22-27(23-19-25)31(4)6-2/h7-23,29H,5-6H2,1-4H3. The SMILES string of the molecule is CCN(C)c1ccc(C=CC=CC(c2ccc(N(C)CC)cc2)S(=O)(=O)c2ccccc2)cc1. The summed E-state index contributed by atoms with van der Waals surface area (Å²) in [6, 6.07) is 24.7. The first kappa shape index (κ1) is 25.3. The smallest absolute Gasteiger partial charge is 0.188 e. The molecule has 0 fully saturated rings. The molecule has 0 aliphatic rings. The summed E-state index contributed by atoms with van der Waals surface area (Å²) in [4.78, 5) is 4.61. The van der Waals surface area contributed by atoms with Gasteiger partial charge in [-0.2, -0.15) is 0 Å².